The van der Waals surface area contributed by atoms with Crippen molar-refractivity contribution in [2.24, 2.45) is 10.3 Å². The highest BCUT2D eigenvalue weighted by molar-refractivity contribution is 7.90. The molecule has 0 spiro atoms. The van der Waals surface area contributed by atoms with E-state index in [-0.39, 0.29) is 22.4 Å². The van der Waals surface area contributed by atoms with Gasteiger partial charge in [0.2, 0.25) is 5.91 Å². The number of non-ortho nitro benzene ring substituents is 1. The van der Waals surface area contributed by atoms with Gasteiger partial charge in [-0.1, -0.05) is 19.1 Å². The van der Waals surface area contributed by atoms with Gasteiger partial charge in [0.15, 0.2) is 0 Å². The Morgan fingerprint density at radius 2 is 1.79 bits per heavy atom. The Bertz CT molecular complexity index is 1190. The van der Waals surface area contributed by atoms with Gasteiger partial charge < -0.3 is 15.1 Å². The van der Waals surface area contributed by atoms with Crippen molar-refractivity contribution in [3.05, 3.63) is 58.6 Å². The maximum atomic E-state index is 12.8. The fourth-order valence-corrected chi connectivity index (χ4v) is 5.24. The van der Waals surface area contributed by atoms with Crippen molar-refractivity contribution in [3.63, 3.8) is 0 Å². The van der Waals surface area contributed by atoms with Gasteiger partial charge in [-0.3, -0.25) is 14.9 Å². The van der Waals surface area contributed by atoms with Crippen LogP contribution in [0.3, 0.4) is 0 Å². The van der Waals surface area contributed by atoms with Crippen LogP contribution in [0.25, 0.3) is 0 Å². The molecule has 0 bridgehead atoms. The predicted octanol–water partition coefficient (Wildman–Crippen LogP) is 2.87. The third-order valence-electron chi connectivity index (χ3n) is 5.80. The molecule has 0 saturated carbocycles. The van der Waals surface area contributed by atoms with Crippen molar-refractivity contribution in [2.75, 3.05) is 36.4 Å². The topological polar surface area (TPSA) is 125 Å². The van der Waals surface area contributed by atoms with Crippen LogP contribution in [-0.2, 0) is 14.8 Å². The molecule has 10 nitrogen and oxygen atoms in total. The van der Waals surface area contributed by atoms with Gasteiger partial charge in [0.25, 0.3) is 15.7 Å². The summed E-state index contributed by atoms with van der Waals surface area (Å²) < 4.78 is 28.7. The molecule has 1 amide bonds. The third kappa shape index (κ3) is 5.14. The lowest BCUT2D eigenvalue weighted by Gasteiger charge is -2.36. The lowest BCUT2D eigenvalue weighted by molar-refractivity contribution is -0.384. The van der Waals surface area contributed by atoms with Crippen LogP contribution in [0.4, 0.5) is 17.1 Å². The van der Waals surface area contributed by atoms with Gasteiger partial charge in [0.1, 0.15) is 10.7 Å². The Balaban J connectivity index is 1.29. The number of para-hydroxylation sites is 1. The number of anilines is 2. The average molecular weight is 472 g/mol. The summed E-state index contributed by atoms with van der Waals surface area (Å²) in [6, 6.07) is 13.0. The van der Waals surface area contributed by atoms with E-state index in [9.17, 15) is 23.3 Å². The van der Waals surface area contributed by atoms with Gasteiger partial charge in [-0.15, -0.1) is 4.40 Å². The zero-order valence-corrected chi connectivity index (χ0v) is 19.0. The summed E-state index contributed by atoms with van der Waals surface area (Å²) in [6.07, 6.45) is 0.641. The van der Waals surface area contributed by atoms with Crippen molar-refractivity contribution >= 4 is 38.8 Å². The number of piperazine rings is 1. The second-order valence-corrected chi connectivity index (χ2v) is 9.86. The number of fused-ring (bicyclic) bond motifs is 1. The lowest BCUT2D eigenvalue weighted by Crippen LogP contribution is -2.49. The first kappa shape index (κ1) is 22.7. The molecule has 1 N–H and O–H groups in total. The van der Waals surface area contributed by atoms with Crippen LogP contribution in [0.1, 0.15) is 19.8 Å². The van der Waals surface area contributed by atoms with Crippen LogP contribution in [0.2, 0.25) is 0 Å². The molecule has 1 fully saturated rings. The maximum Gasteiger partial charge on any atom is 0.286 e. The molecule has 0 unspecified atom stereocenters. The Hall–Kier alpha value is -3.47. The van der Waals surface area contributed by atoms with Gasteiger partial charge >= 0.3 is 0 Å². The Morgan fingerprint density at radius 3 is 2.45 bits per heavy atom. The summed E-state index contributed by atoms with van der Waals surface area (Å²) in [4.78, 5) is 27.2. The highest BCUT2D eigenvalue weighted by Gasteiger charge is 2.27. The van der Waals surface area contributed by atoms with Crippen molar-refractivity contribution in [1.82, 2.24) is 4.90 Å². The molecule has 0 aromatic heterocycles. The van der Waals surface area contributed by atoms with Crippen LogP contribution < -0.4 is 10.2 Å². The van der Waals surface area contributed by atoms with E-state index < -0.39 is 14.9 Å². The minimum Gasteiger partial charge on any atom is -0.368 e. The number of nitrogens with one attached hydrogen (secondary N) is 1. The molecule has 0 radical (unpaired) electrons. The van der Waals surface area contributed by atoms with Gasteiger partial charge in [-0.05, 0) is 30.2 Å². The minimum atomic E-state index is -3.74. The third-order valence-corrected chi connectivity index (χ3v) is 7.17. The summed E-state index contributed by atoms with van der Waals surface area (Å²) in [7, 11) is -3.74. The van der Waals surface area contributed by atoms with Crippen LogP contribution in [-0.4, -0.2) is 56.2 Å². The molecule has 4 rings (SSSR count). The Labute approximate surface area is 192 Å². The van der Waals surface area contributed by atoms with E-state index in [0.717, 1.165) is 5.69 Å². The summed E-state index contributed by atoms with van der Waals surface area (Å²) in [5.74, 6) is 0.277. The van der Waals surface area contributed by atoms with E-state index in [0.29, 0.717) is 50.5 Å². The van der Waals surface area contributed by atoms with E-state index in [2.05, 4.69) is 14.6 Å². The van der Waals surface area contributed by atoms with Crippen LogP contribution in [0.5, 0.6) is 0 Å². The Morgan fingerprint density at radius 1 is 1.12 bits per heavy atom. The number of hydrogen-bond acceptors (Lipinski definition) is 7. The predicted molar refractivity (Wildman–Crippen MR) is 125 cm³/mol. The number of carbonyl (C=O) groups excluding carboxylic acids is 1. The average Bonchev–Trinajstić information content (AvgIpc) is 2.78. The molecule has 0 aliphatic carbocycles. The van der Waals surface area contributed by atoms with E-state index in [4.69, 9.17) is 0 Å². The molecule has 2 aromatic rings. The van der Waals surface area contributed by atoms with Crippen molar-refractivity contribution < 1.29 is 18.1 Å². The number of nitro groups is 1. The van der Waals surface area contributed by atoms with Crippen LogP contribution in [0, 0.1) is 16.0 Å². The zero-order chi connectivity index (χ0) is 23.6. The standard InChI is InChI=1S/C22H25N5O5S/c1-16(14-21-23-19-4-2-3-5-20(19)33(31,32)24-21)15-22(28)26-12-10-25(11-13-26)17-6-8-18(9-7-17)27(29)30/h2-9,16H,10-15H2,1H3,(H,23,24)/t16-/m0/s1. The van der Waals surface area contributed by atoms with E-state index in [1.165, 1.54) is 18.2 Å². The largest absolute Gasteiger partial charge is 0.368 e. The zero-order valence-electron chi connectivity index (χ0n) is 18.2. The number of nitrogens with zero attached hydrogens (tertiary/aromatic N) is 4. The summed E-state index contributed by atoms with van der Waals surface area (Å²) >= 11 is 0. The molecule has 1 atom stereocenters. The smallest absolute Gasteiger partial charge is 0.286 e. The van der Waals surface area contributed by atoms with Gasteiger partial charge in [0, 0.05) is 56.8 Å². The van der Waals surface area contributed by atoms with Gasteiger partial charge in [-0.25, -0.2) is 0 Å². The number of benzene rings is 2. The van der Waals surface area contributed by atoms with Gasteiger partial charge in [-0.2, -0.15) is 8.42 Å². The number of amidine groups is 1. The lowest BCUT2D eigenvalue weighted by atomic mass is 10.0. The SMILES string of the molecule is C[C@H](CC(=O)N1CCN(c2ccc([N+](=O)[O-])cc2)CC1)CC1=NS(=O)(=O)c2ccccc2N1. The molecule has 1 saturated heterocycles. The van der Waals surface area contributed by atoms with E-state index in [1.54, 1.807) is 35.2 Å². The quantitative estimate of drug-likeness (QED) is 0.507. The summed E-state index contributed by atoms with van der Waals surface area (Å²) in [5, 5.41) is 13.9. The van der Waals surface area contributed by atoms with Gasteiger partial charge in [0.05, 0.1) is 10.6 Å². The number of nitro benzene ring substituents is 1. The molecule has 2 heterocycles. The van der Waals surface area contributed by atoms with E-state index >= 15 is 0 Å². The molecular weight excluding hydrogens is 446 g/mol. The first-order valence-electron chi connectivity index (χ1n) is 10.7. The van der Waals surface area contributed by atoms with Crippen molar-refractivity contribution in [2.45, 2.75) is 24.7 Å². The number of carbonyl (C=O) groups is 1. The maximum absolute atomic E-state index is 12.8. The van der Waals surface area contributed by atoms with Crippen LogP contribution >= 0.6 is 0 Å². The first-order chi connectivity index (χ1) is 15.7. The molecule has 2 aliphatic rings. The van der Waals surface area contributed by atoms with Crippen molar-refractivity contribution in [1.29, 1.82) is 0 Å². The number of rotatable bonds is 6. The summed E-state index contributed by atoms with van der Waals surface area (Å²) in [5.41, 5.74) is 1.45. The molecular formula is C22H25N5O5S. The fraction of sp³-hybridized carbons (Fsp3) is 0.364. The molecule has 174 valence electrons. The highest BCUT2D eigenvalue weighted by Crippen LogP contribution is 2.28. The minimum absolute atomic E-state index is 0.0190. The molecule has 33 heavy (non-hydrogen) atoms. The second-order valence-electron chi connectivity index (χ2n) is 8.29. The Kier molecular flexibility index (Phi) is 6.32. The molecule has 2 aliphatic heterocycles. The number of sulfonamides is 1. The number of hydrogen-bond donors (Lipinski definition) is 1. The van der Waals surface area contributed by atoms with Crippen molar-refractivity contribution in [3.8, 4) is 0 Å². The molecule has 11 heteroatoms. The fourth-order valence-electron chi connectivity index (χ4n) is 4.08. The second kappa shape index (κ2) is 9.18. The van der Waals surface area contributed by atoms with E-state index in [1.807, 2.05) is 6.92 Å². The normalized spacial score (nSPS) is 18.0. The highest BCUT2D eigenvalue weighted by atomic mass is 32.2. The summed E-state index contributed by atoms with van der Waals surface area (Å²) in [6.45, 7) is 4.30. The van der Waals surface area contributed by atoms with Crippen LogP contribution in [0.15, 0.2) is 57.8 Å². The monoisotopic (exact) mass is 471 g/mol. The number of amides is 1. The first-order valence-corrected chi connectivity index (χ1v) is 12.1. The molecule has 2 aromatic carbocycles.